The number of nitrogens with one attached hydrogen (secondary N) is 2. The van der Waals surface area contributed by atoms with Crippen molar-refractivity contribution >= 4 is 39.9 Å². The van der Waals surface area contributed by atoms with Crippen LogP contribution in [0.2, 0.25) is 0 Å². The number of nitriles is 1. The number of carbonyl (C=O) groups excluding carboxylic acids is 1. The van der Waals surface area contributed by atoms with Gasteiger partial charge in [0.1, 0.15) is 17.6 Å². The molecule has 2 aromatic heterocycles. The van der Waals surface area contributed by atoms with Gasteiger partial charge in [0.25, 0.3) is 0 Å². The first-order valence-electron chi connectivity index (χ1n) is 10.5. The van der Waals surface area contributed by atoms with Gasteiger partial charge in [0, 0.05) is 41.8 Å². The summed E-state index contributed by atoms with van der Waals surface area (Å²) in [6.45, 7) is 2.22. The van der Waals surface area contributed by atoms with Gasteiger partial charge in [-0.1, -0.05) is 6.07 Å². The molecule has 0 radical (unpaired) electrons. The summed E-state index contributed by atoms with van der Waals surface area (Å²) in [7, 11) is 0. The van der Waals surface area contributed by atoms with Gasteiger partial charge in [-0.05, 0) is 55.0 Å². The normalized spacial score (nSPS) is 10.7. The van der Waals surface area contributed by atoms with Crippen LogP contribution in [0.5, 0.6) is 5.75 Å². The van der Waals surface area contributed by atoms with Crippen molar-refractivity contribution in [2.75, 3.05) is 17.2 Å². The van der Waals surface area contributed by atoms with E-state index in [-0.39, 0.29) is 11.7 Å². The SMILES string of the molecule is CCOc1cc2ncc(C#N)c(Nc3ccc(F)cc3)c2cc1NC(=O)/C=C/c1cccnc1. The number of amides is 1. The van der Waals surface area contributed by atoms with Crippen LogP contribution in [0.3, 0.4) is 0 Å². The van der Waals surface area contributed by atoms with Gasteiger partial charge in [-0.15, -0.1) is 0 Å². The Kier molecular flexibility index (Phi) is 6.75. The Hall–Kier alpha value is -4.77. The van der Waals surface area contributed by atoms with Gasteiger partial charge >= 0.3 is 0 Å². The van der Waals surface area contributed by atoms with E-state index in [9.17, 15) is 14.4 Å². The molecular weight excluding hydrogens is 433 g/mol. The minimum Gasteiger partial charge on any atom is -0.492 e. The van der Waals surface area contributed by atoms with Crippen molar-refractivity contribution in [2.24, 2.45) is 0 Å². The van der Waals surface area contributed by atoms with Crippen LogP contribution >= 0.6 is 0 Å². The van der Waals surface area contributed by atoms with E-state index in [1.165, 1.54) is 24.4 Å². The van der Waals surface area contributed by atoms with E-state index in [1.807, 2.05) is 13.0 Å². The second kappa shape index (κ2) is 10.2. The fourth-order valence-corrected chi connectivity index (χ4v) is 3.31. The van der Waals surface area contributed by atoms with Gasteiger partial charge in [0.05, 0.1) is 29.1 Å². The van der Waals surface area contributed by atoms with Gasteiger partial charge in [-0.25, -0.2) is 4.39 Å². The smallest absolute Gasteiger partial charge is 0.248 e. The Morgan fingerprint density at radius 1 is 1.21 bits per heavy atom. The first-order chi connectivity index (χ1) is 16.6. The van der Waals surface area contributed by atoms with Gasteiger partial charge in [-0.2, -0.15) is 5.26 Å². The van der Waals surface area contributed by atoms with Gasteiger partial charge in [0.15, 0.2) is 0 Å². The Balaban J connectivity index is 1.73. The zero-order valence-corrected chi connectivity index (χ0v) is 18.2. The molecule has 0 bridgehead atoms. The molecule has 0 aliphatic carbocycles. The lowest BCUT2D eigenvalue weighted by atomic mass is 10.1. The van der Waals surface area contributed by atoms with Crippen LogP contribution < -0.4 is 15.4 Å². The van der Waals surface area contributed by atoms with Crippen LogP contribution in [0.4, 0.5) is 21.5 Å². The first-order valence-corrected chi connectivity index (χ1v) is 10.5. The number of pyridine rings is 2. The number of halogens is 1. The lowest BCUT2D eigenvalue weighted by Crippen LogP contribution is -2.10. The van der Waals surface area contributed by atoms with Crippen LogP contribution in [0.15, 0.2) is 73.2 Å². The second-order valence-electron chi connectivity index (χ2n) is 7.20. The summed E-state index contributed by atoms with van der Waals surface area (Å²) >= 11 is 0. The topological polar surface area (TPSA) is 99.9 Å². The van der Waals surface area contributed by atoms with Crippen LogP contribution in [-0.2, 0) is 4.79 Å². The molecule has 1 amide bonds. The van der Waals surface area contributed by atoms with Crippen molar-refractivity contribution in [1.29, 1.82) is 5.26 Å². The molecule has 168 valence electrons. The molecule has 34 heavy (non-hydrogen) atoms. The third-order valence-corrected chi connectivity index (χ3v) is 4.87. The molecular formula is C26H20FN5O2. The van der Waals surface area contributed by atoms with Crippen molar-refractivity contribution in [3.8, 4) is 11.8 Å². The van der Waals surface area contributed by atoms with Gasteiger partial charge < -0.3 is 15.4 Å². The molecule has 2 aromatic carbocycles. The highest BCUT2D eigenvalue weighted by Gasteiger charge is 2.15. The fraction of sp³-hybridized carbons (Fsp3) is 0.0769. The molecule has 0 saturated carbocycles. The van der Waals surface area contributed by atoms with E-state index in [0.717, 1.165) is 5.56 Å². The highest BCUT2D eigenvalue weighted by Crippen LogP contribution is 2.36. The van der Waals surface area contributed by atoms with Crippen LogP contribution in [0.25, 0.3) is 17.0 Å². The highest BCUT2D eigenvalue weighted by molar-refractivity contribution is 6.06. The average Bonchev–Trinajstić information content (AvgIpc) is 2.85. The number of rotatable bonds is 7. The fourth-order valence-electron chi connectivity index (χ4n) is 3.31. The largest absolute Gasteiger partial charge is 0.492 e. The summed E-state index contributed by atoms with van der Waals surface area (Å²) in [5, 5.41) is 16.2. The predicted octanol–water partition coefficient (Wildman–Crippen LogP) is 5.43. The Morgan fingerprint density at radius 3 is 2.74 bits per heavy atom. The number of carbonyl (C=O) groups is 1. The van der Waals surface area contributed by atoms with Crippen molar-refractivity contribution in [3.05, 3.63) is 90.1 Å². The van der Waals surface area contributed by atoms with Crippen molar-refractivity contribution < 1.29 is 13.9 Å². The summed E-state index contributed by atoms with van der Waals surface area (Å²) in [6.07, 6.45) is 7.81. The average molecular weight is 453 g/mol. The monoisotopic (exact) mass is 453 g/mol. The van der Waals surface area contributed by atoms with Gasteiger partial charge in [-0.3, -0.25) is 14.8 Å². The second-order valence-corrected chi connectivity index (χ2v) is 7.20. The zero-order valence-electron chi connectivity index (χ0n) is 18.2. The maximum Gasteiger partial charge on any atom is 0.248 e. The highest BCUT2D eigenvalue weighted by atomic mass is 19.1. The lowest BCUT2D eigenvalue weighted by Gasteiger charge is -2.16. The maximum absolute atomic E-state index is 13.3. The van der Waals surface area contributed by atoms with E-state index < -0.39 is 0 Å². The van der Waals surface area contributed by atoms with Crippen LogP contribution in [-0.4, -0.2) is 22.5 Å². The predicted molar refractivity (Wildman–Crippen MR) is 129 cm³/mol. The minimum atomic E-state index is -0.365. The summed E-state index contributed by atoms with van der Waals surface area (Å²) < 4.78 is 19.1. The number of benzene rings is 2. The van der Waals surface area contributed by atoms with Crippen molar-refractivity contribution in [3.63, 3.8) is 0 Å². The lowest BCUT2D eigenvalue weighted by molar-refractivity contribution is -0.111. The molecule has 0 fully saturated rings. The van der Waals surface area contributed by atoms with Crippen LogP contribution in [0, 0.1) is 17.1 Å². The molecule has 4 rings (SSSR count). The molecule has 2 heterocycles. The number of nitrogens with zero attached hydrogens (tertiary/aromatic N) is 3. The number of hydrogen-bond donors (Lipinski definition) is 2. The molecule has 0 atom stereocenters. The molecule has 0 aliphatic heterocycles. The van der Waals surface area contributed by atoms with E-state index in [0.29, 0.717) is 45.9 Å². The summed E-state index contributed by atoms with van der Waals surface area (Å²) in [6, 6.07) is 14.9. The number of fused-ring (bicyclic) bond motifs is 1. The first kappa shape index (κ1) is 22.4. The molecule has 2 N–H and O–H groups in total. The Labute approximate surface area is 195 Å². The summed E-state index contributed by atoms with van der Waals surface area (Å²) in [5.41, 5.74) is 3.17. The minimum absolute atomic E-state index is 0.301. The van der Waals surface area contributed by atoms with Crippen LogP contribution in [0.1, 0.15) is 18.1 Å². The quantitative estimate of drug-likeness (QED) is 0.362. The summed E-state index contributed by atoms with van der Waals surface area (Å²) in [5.74, 6) is -0.277. The van der Waals surface area contributed by atoms with Crippen molar-refractivity contribution in [1.82, 2.24) is 9.97 Å². The maximum atomic E-state index is 13.3. The Morgan fingerprint density at radius 2 is 2.03 bits per heavy atom. The van der Waals surface area contributed by atoms with E-state index >= 15 is 0 Å². The number of aromatic nitrogens is 2. The van der Waals surface area contributed by atoms with Crippen molar-refractivity contribution in [2.45, 2.75) is 6.92 Å². The van der Waals surface area contributed by atoms with E-state index in [2.05, 4.69) is 26.7 Å². The molecule has 0 spiro atoms. The van der Waals surface area contributed by atoms with Gasteiger partial charge in [0.2, 0.25) is 5.91 Å². The third-order valence-electron chi connectivity index (χ3n) is 4.87. The zero-order chi connectivity index (χ0) is 23.9. The number of hydrogen-bond acceptors (Lipinski definition) is 6. The molecule has 0 saturated heterocycles. The Bertz CT molecular complexity index is 1400. The summed E-state index contributed by atoms with van der Waals surface area (Å²) in [4.78, 5) is 21.0. The standard InChI is InChI=1S/C26H20FN5O2/c1-2-34-24-13-22-21(12-23(24)32-25(33)10-5-17-4-3-11-29-15-17)26(18(14-28)16-30-22)31-20-8-6-19(27)7-9-20/h3-13,15-16H,2H2,1H3,(H,30,31)(H,32,33)/b10-5+. The number of anilines is 3. The van der Waals surface area contributed by atoms with E-state index in [4.69, 9.17) is 4.74 Å². The molecule has 0 unspecified atom stereocenters. The van der Waals surface area contributed by atoms with E-state index in [1.54, 1.807) is 48.8 Å². The third kappa shape index (κ3) is 5.16. The molecule has 7 nitrogen and oxygen atoms in total. The molecule has 4 aromatic rings. The molecule has 8 heteroatoms. The molecule has 0 aliphatic rings. The number of ether oxygens (including phenoxy) is 1.